The quantitative estimate of drug-likeness (QED) is 0.108. The van der Waals surface area contributed by atoms with Crippen LogP contribution in [0.3, 0.4) is 0 Å². The van der Waals surface area contributed by atoms with Gasteiger partial charge in [-0.1, -0.05) is 128 Å². The zero-order valence-electron chi connectivity index (χ0n) is 30.3. The van der Waals surface area contributed by atoms with Crippen molar-refractivity contribution in [2.75, 3.05) is 0 Å². The van der Waals surface area contributed by atoms with Gasteiger partial charge in [-0.3, -0.25) is 19.2 Å². The Morgan fingerprint density at radius 2 is 1.21 bits per heavy atom. The van der Waals surface area contributed by atoms with Crippen LogP contribution in [-0.2, 0) is 25.6 Å². The molecule has 3 rings (SSSR count). The highest BCUT2D eigenvalue weighted by Crippen LogP contribution is 2.20. The first-order chi connectivity index (χ1) is 24.2. The normalized spacial score (nSPS) is 14.5. The Hall–Kier alpha value is -5.03. The van der Waals surface area contributed by atoms with Crippen molar-refractivity contribution in [1.29, 1.82) is 0 Å². The Morgan fingerprint density at radius 3 is 1.77 bits per heavy atom. The molecule has 6 N–H and O–H groups in total. The topological polar surface area (TPSA) is 174 Å². The standard InChI is InChI=1S/C40H52N4O7.CH4/c1-7-26(6)36(39(49)44-35(25(4)5)40(50)51)42-33(46)23-32(45)31(21-27-15-10-8-11-16-27)41-38(48)34(24(2)3)43-37(47)30-20-14-19-29(22-30)28-17-12-9-13-18-28;/h8-20,22,24-26,31-32,34-36,45H,7,21,23H2,1-6H3,(H,41,48)(H,42,46)(H,43,47)(H,44,49)(H,50,51);1H4/t26-,31-,32-,34-,35-,36-;/m0./s1. The van der Waals surface area contributed by atoms with Gasteiger partial charge in [-0.25, -0.2) is 4.79 Å². The highest BCUT2D eigenvalue weighted by Gasteiger charge is 2.34. The summed E-state index contributed by atoms with van der Waals surface area (Å²) in [7, 11) is 0. The zero-order chi connectivity index (χ0) is 37.7. The van der Waals surface area contributed by atoms with Crippen molar-refractivity contribution in [1.82, 2.24) is 21.3 Å². The molecule has 6 atom stereocenters. The van der Waals surface area contributed by atoms with Gasteiger partial charge in [-0.05, 0) is 53.0 Å². The number of rotatable bonds is 18. The Balaban J connectivity index is 0.00000936. The highest BCUT2D eigenvalue weighted by molar-refractivity contribution is 5.98. The van der Waals surface area contributed by atoms with E-state index in [1.165, 1.54) is 0 Å². The van der Waals surface area contributed by atoms with E-state index in [2.05, 4.69) is 21.3 Å². The molecule has 0 aliphatic carbocycles. The van der Waals surface area contributed by atoms with Crippen LogP contribution in [0.5, 0.6) is 0 Å². The third-order valence-corrected chi connectivity index (χ3v) is 9.00. The first-order valence-electron chi connectivity index (χ1n) is 17.5. The summed E-state index contributed by atoms with van der Waals surface area (Å²) in [6, 6.07) is 21.8. The number of carbonyl (C=O) groups excluding carboxylic acids is 4. The molecule has 0 radical (unpaired) electrons. The summed E-state index contributed by atoms with van der Waals surface area (Å²) in [5, 5.41) is 31.9. The maximum atomic E-state index is 13.8. The lowest BCUT2D eigenvalue weighted by Crippen LogP contribution is -2.57. The molecule has 0 heterocycles. The summed E-state index contributed by atoms with van der Waals surface area (Å²) in [6.45, 7) is 10.6. The van der Waals surface area contributed by atoms with Crippen LogP contribution in [0, 0.1) is 17.8 Å². The molecule has 11 heteroatoms. The Bertz CT molecular complexity index is 1610. The summed E-state index contributed by atoms with van der Waals surface area (Å²) in [4.78, 5) is 65.4. The average Bonchev–Trinajstić information content (AvgIpc) is 3.11. The molecule has 11 nitrogen and oxygen atoms in total. The van der Waals surface area contributed by atoms with Crippen molar-refractivity contribution in [2.45, 2.75) is 98.5 Å². The van der Waals surface area contributed by atoms with Gasteiger partial charge in [0.05, 0.1) is 18.6 Å². The molecule has 0 aromatic heterocycles. The molecule has 52 heavy (non-hydrogen) atoms. The summed E-state index contributed by atoms with van der Waals surface area (Å²) in [5.74, 6) is -4.45. The smallest absolute Gasteiger partial charge is 0.326 e. The van der Waals surface area contributed by atoms with E-state index in [0.29, 0.717) is 12.0 Å². The Morgan fingerprint density at radius 1 is 0.654 bits per heavy atom. The van der Waals surface area contributed by atoms with Crippen LogP contribution in [0.15, 0.2) is 84.9 Å². The third kappa shape index (κ3) is 12.6. The number of hydrogen-bond donors (Lipinski definition) is 6. The number of carboxylic acid groups (broad SMARTS) is 1. The van der Waals surface area contributed by atoms with Crippen molar-refractivity contribution < 1.29 is 34.2 Å². The number of aliphatic carboxylic acids is 1. The van der Waals surface area contributed by atoms with E-state index in [9.17, 15) is 34.2 Å². The van der Waals surface area contributed by atoms with Gasteiger partial charge in [0.2, 0.25) is 17.7 Å². The van der Waals surface area contributed by atoms with Gasteiger partial charge in [-0.2, -0.15) is 0 Å². The van der Waals surface area contributed by atoms with Gasteiger partial charge >= 0.3 is 5.97 Å². The fraction of sp³-hybridized carbons (Fsp3) is 0.439. The van der Waals surface area contributed by atoms with Crippen molar-refractivity contribution in [3.8, 4) is 11.1 Å². The van der Waals surface area contributed by atoms with E-state index in [-0.39, 0.29) is 31.6 Å². The van der Waals surface area contributed by atoms with Gasteiger partial charge in [0, 0.05) is 5.56 Å². The van der Waals surface area contributed by atoms with Gasteiger partial charge in [0.1, 0.15) is 18.1 Å². The lowest BCUT2D eigenvalue weighted by molar-refractivity contribution is -0.143. The van der Waals surface area contributed by atoms with Crippen molar-refractivity contribution in [3.63, 3.8) is 0 Å². The van der Waals surface area contributed by atoms with E-state index in [1.54, 1.807) is 52.8 Å². The maximum Gasteiger partial charge on any atom is 0.326 e. The van der Waals surface area contributed by atoms with Gasteiger partial charge in [0.25, 0.3) is 5.91 Å². The first-order valence-corrected chi connectivity index (χ1v) is 17.5. The van der Waals surface area contributed by atoms with Crippen LogP contribution in [0.1, 0.15) is 77.7 Å². The van der Waals surface area contributed by atoms with E-state index >= 15 is 0 Å². The molecule has 0 bridgehead atoms. The molecule has 4 amide bonds. The SMILES string of the molecule is C.CC[C@H](C)[C@H](NC(=O)C[C@H](O)[C@H](Cc1ccccc1)NC(=O)[C@@H](NC(=O)c1cccc(-c2ccccc2)c1)C(C)C)C(=O)N[C@H](C(=O)O)C(C)C. The first kappa shape index (κ1) is 43.1. The third-order valence-electron chi connectivity index (χ3n) is 9.00. The molecule has 0 spiro atoms. The minimum atomic E-state index is -1.37. The van der Waals surface area contributed by atoms with Gasteiger partial charge in [0.15, 0.2) is 0 Å². The summed E-state index contributed by atoms with van der Waals surface area (Å²) >= 11 is 0. The molecule has 282 valence electrons. The second-order valence-corrected chi connectivity index (χ2v) is 13.7. The fourth-order valence-electron chi connectivity index (χ4n) is 5.68. The van der Waals surface area contributed by atoms with Crippen molar-refractivity contribution >= 4 is 29.6 Å². The lowest BCUT2D eigenvalue weighted by Gasteiger charge is -2.30. The average molecular weight is 717 g/mol. The minimum Gasteiger partial charge on any atom is -0.480 e. The number of benzene rings is 3. The maximum absolute atomic E-state index is 13.8. The van der Waals surface area contributed by atoms with Crippen LogP contribution >= 0.6 is 0 Å². The van der Waals surface area contributed by atoms with Crippen molar-refractivity contribution in [3.05, 3.63) is 96.1 Å². The number of hydrogen-bond acceptors (Lipinski definition) is 6. The summed E-state index contributed by atoms with van der Waals surface area (Å²) in [5.41, 5.74) is 2.99. The second-order valence-electron chi connectivity index (χ2n) is 13.7. The largest absolute Gasteiger partial charge is 0.480 e. The van der Waals surface area contributed by atoms with Crippen LogP contribution in [0.25, 0.3) is 11.1 Å². The minimum absolute atomic E-state index is 0. The predicted molar refractivity (Wildman–Crippen MR) is 203 cm³/mol. The number of aliphatic hydroxyl groups is 1. The number of carboxylic acids is 1. The lowest BCUT2D eigenvalue weighted by atomic mass is 9.95. The van der Waals surface area contributed by atoms with Crippen LogP contribution in [0.4, 0.5) is 0 Å². The van der Waals surface area contributed by atoms with Crippen LogP contribution < -0.4 is 21.3 Å². The van der Waals surface area contributed by atoms with Crippen molar-refractivity contribution in [2.24, 2.45) is 17.8 Å². The molecular formula is C41H56N4O7. The van der Waals surface area contributed by atoms with E-state index in [1.807, 2.05) is 73.7 Å². The van der Waals surface area contributed by atoms with Crippen LogP contribution in [-0.4, -0.2) is 70.1 Å². The molecular weight excluding hydrogens is 660 g/mol. The van der Waals surface area contributed by atoms with Crippen LogP contribution in [0.2, 0.25) is 0 Å². The molecule has 0 fully saturated rings. The van der Waals surface area contributed by atoms with E-state index in [0.717, 1.165) is 16.7 Å². The van der Waals surface area contributed by atoms with Gasteiger partial charge < -0.3 is 31.5 Å². The fourth-order valence-corrected chi connectivity index (χ4v) is 5.68. The summed E-state index contributed by atoms with van der Waals surface area (Å²) < 4.78 is 0. The van der Waals surface area contributed by atoms with Gasteiger partial charge in [-0.15, -0.1) is 0 Å². The number of aliphatic hydroxyl groups excluding tert-OH is 1. The molecule has 3 aromatic rings. The molecule has 0 aliphatic rings. The van der Waals surface area contributed by atoms with E-state index in [4.69, 9.17) is 0 Å². The Labute approximate surface area is 308 Å². The monoisotopic (exact) mass is 716 g/mol. The molecule has 0 saturated carbocycles. The number of nitrogens with one attached hydrogen (secondary N) is 4. The number of carbonyl (C=O) groups is 5. The number of amides is 4. The summed E-state index contributed by atoms with van der Waals surface area (Å²) in [6.07, 6.45) is -1.12. The predicted octanol–water partition coefficient (Wildman–Crippen LogP) is 4.98. The molecule has 0 saturated heterocycles. The highest BCUT2D eigenvalue weighted by atomic mass is 16.4. The molecule has 0 aliphatic heterocycles. The second kappa shape index (κ2) is 20.7. The molecule has 0 unspecified atom stereocenters. The molecule has 3 aromatic carbocycles. The van der Waals surface area contributed by atoms with E-state index < -0.39 is 66.3 Å². The zero-order valence-corrected chi connectivity index (χ0v) is 30.3. The Kier molecular flexibility index (Phi) is 17.2.